The van der Waals surface area contributed by atoms with E-state index in [0.29, 0.717) is 17.9 Å². The fraction of sp³-hybridized carbons (Fsp3) is 0.682. The zero-order chi connectivity index (χ0) is 18.7. The van der Waals surface area contributed by atoms with Gasteiger partial charge >= 0.3 is 6.09 Å². The van der Waals surface area contributed by atoms with Crippen molar-refractivity contribution in [3.8, 4) is 0 Å². The van der Waals surface area contributed by atoms with Crippen LogP contribution < -0.4 is 5.32 Å². The maximum Gasteiger partial charge on any atom is 0.407 e. The number of hydrogen-bond acceptors (Lipinski definition) is 3. The van der Waals surface area contributed by atoms with Crippen LogP contribution >= 0.6 is 0 Å². The van der Waals surface area contributed by atoms with Crippen LogP contribution in [0.1, 0.15) is 65.0 Å². The number of amides is 1. The van der Waals surface area contributed by atoms with Crippen LogP contribution in [0.4, 0.5) is 4.79 Å². The van der Waals surface area contributed by atoms with E-state index in [-0.39, 0.29) is 12.1 Å². The molecule has 1 aromatic rings. The van der Waals surface area contributed by atoms with Crippen LogP contribution in [-0.2, 0) is 4.74 Å². The number of carbonyl (C=O) groups is 1. The van der Waals surface area contributed by atoms with Gasteiger partial charge in [0.05, 0.1) is 0 Å². The van der Waals surface area contributed by atoms with E-state index in [9.17, 15) is 4.79 Å². The van der Waals surface area contributed by atoms with Crippen LogP contribution in [0.15, 0.2) is 30.3 Å². The summed E-state index contributed by atoms with van der Waals surface area (Å²) in [6.45, 7) is 10.2. The van der Waals surface area contributed by atoms with Crippen molar-refractivity contribution in [1.82, 2.24) is 10.2 Å². The minimum atomic E-state index is -0.447. The van der Waals surface area contributed by atoms with Crippen LogP contribution in [0.2, 0.25) is 0 Å². The largest absolute Gasteiger partial charge is 0.444 e. The average Bonchev–Trinajstić information content (AvgIpc) is 3.00. The molecule has 1 aliphatic carbocycles. The summed E-state index contributed by atoms with van der Waals surface area (Å²) in [5.41, 5.74) is 0.922. The molecule has 26 heavy (non-hydrogen) atoms. The summed E-state index contributed by atoms with van der Waals surface area (Å²) in [5, 5.41) is 3.23. The molecular weight excluding hydrogens is 324 g/mol. The van der Waals surface area contributed by atoms with Gasteiger partial charge in [0.25, 0.3) is 0 Å². The van der Waals surface area contributed by atoms with Crippen molar-refractivity contribution in [3.63, 3.8) is 0 Å². The number of hydrogen-bond donors (Lipinski definition) is 1. The molecule has 1 saturated heterocycles. The quantitative estimate of drug-likeness (QED) is 0.825. The lowest BCUT2D eigenvalue weighted by Gasteiger charge is -2.38. The Bertz CT molecular complexity index is 592. The van der Waals surface area contributed by atoms with E-state index in [1.165, 1.54) is 24.8 Å². The molecule has 0 radical (unpaired) electrons. The highest BCUT2D eigenvalue weighted by atomic mass is 16.6. The molecule has 4 heteroatoms. The Morgan fingerprint density at radius 3 is 2.42 bits per heavy atom. The van der Waals surface area contributed by atoms with E-state index in [4.69, 9.17) is 4.74 Å². The van der Waals surface area contributed by atoms with E-state index in [0.717, 1.165) is 19.5 Å². The van der Waals surface area contributed by atoms with Crippen molar-refractivity contribution in [1.29, 1.82) is 0 Å². The SMILES string of the molecule is CC(c1ccccc1)N1CCC(C(NC(=O)OC(C)(C)C)C2CCC2)C1. The zero-order valence-corrected chi connectivity index (χ0v) is 16.7. The Morgan fingerprint density at radius 2 is 1.85 bits per heavy atom. The maximum atomic E-state index is 12.4. The fourth-order valence-corrected chi connectivity index (χ4v) is 4.27. The molecule has 3 unspecified atom stereocenters. The van der Waals surface area contributed by atoms with Gasteiger partial charge in [0.2, 0.25) is 0 Å². The molecule has 144 valence electrons. The van der Waals surface area contributed by atoms with Crippen molar-refractivity contribution >= 4 is 6.09 Å². The number of likely N-dealkylation sites (tertiary alicyclic amines) is 1. The third-order valence-corrected chi connectivity index (χ3v) is 5.93. The van der Waals surface area contributed by atoms with E-state index in [2.05, 4.69) is 47.5 Å². The number of carbonyl (C=O) groups excluding carboxylic acids is 1. The molecule has 1 N–H and O–H groups in total. The molecule has 2 fully saturated rings. The molecule has 1 saturated carbocycles. The molecule has 0 spiro atoms. The van der Waals surface area contributed by atoms with Gasteiger partial charge in [-0.1, -0.05) is 36.8 Å². The normalized spacial score (nSPS) is 23.9. The van der Waals surface area contributed by atoms with Crippen molar-refractivity contribution in [2.24, 2.45) is 11.8 Å². The first-order valence-electron chi connectivity index (χ1n) is 10.1. The smallest absolute Gasteiger partial charge is 0.407 e. The van der Waals surface area contributed by atoms with E-state index < -0.39 is 5.60 Å². The third kappa shape index (κ3) is 4.79. The molecule has 1 heterocycles. The van der Waals surface area contributed by atoms with E-state index in [1.807, 2.05) is 20.8 Å². The van der Waals surface area contributed by atoms with Gasteiger partial charge < -0.3 is 10.1 Å². The second-order valence-electron chi connectivity index (χ2n) is 8.99. The van der Waals surface area contributed by atoms with Crippen LogP contribution in [0.25, 0.3) is 0 Å². The summed E-state index contributed by atoms with van der Waals surface area (Å²) in [7, 11) is 0. The van der Waals surface area contributed by atoms with Gasteiger partial charge in [-0.15, -0.1) is 0 Å². The highest BCUT2D eigenvalue weighted by Gasteiger charge is 2.39. The van der Waals surface area contributed by atoms with Gasteiger partial charge in [-0.05, 0) is 70.9 Å². The molecule has 2 aliphatic rings. The topological polar surface area (TPSA) is 41.6 Å². The van der Waals surface area contributed by atoms with E-state index >= 15 is 0 Å². The monoisotopic (exact) mass is 358 g/mol. The summed E-state index contributed by atoms with van der Waals surface area (Å²) in [6.07, 6.45) is 4.63. The third-order valence-electron chi connectivity index (χ3n) is 5.93. The fourth-order valence-electron chi connectivity index (χ4n) is 4.27. The van der Waals surface area contributed by atoms with Crippen molar-refractivity contribution < 1.29 is 9.53 Å². The van der Waals surface area contributed by atoms with Gasteiger partial charge in [-0.25, -0.2) is 4.79 Å². The van der Waals surface area contributed by atoms with Gasteiger partial charge in [-0.2, -0.15) is 0 Å². The number of benzene rings is 1. The Balaban J connectivity index is 1.62. The summed E-state index contributed by atoms with van der Waals surface area (Å²) in [5.74, 6) is 1.12. The Hall–Kier alpha value is -1.55. The number of rotatable bonds is 5. The van der Waals surface area contributed by atoms with Crippen LogP contribution in [-0.4, -0.2) is 35.7 Å². The number of ether oxygens (including phenoxy) is 1. The minimum absolute atomic E-state index is 0.242. The molecule has 1 aromatic carbocycles. The van der Waals surface area contributed by atoms with Crippen molar-refractivity contribution in [3.05, 3.63) is 35.9 Å². The molecule has 3 rings (SSSR count). The summed E-state index contributed by atoms with van der Waals surface area (Å²) < 4.78 is 5.53. The predicted octanol–water partition coefficient (Wildman–Crippen LogP) is 4.76. The van der Waals surface area contributed by atoms with Crippen LogP contribution in [0.5, 0.6) is 0 Å². The number of alkyl carbamates (subject to hydrolysis) is 1. The van der Waals surface area contributed by atoms with Gasteiger partial charge in [0.15, 0.2) is 0 Å². The first-order valence-corrected chi connectivity index (χ1v) is 10.1. The molecular formula is C22H34N2O2. The highest BCUT2D eigenvalue weighted by molar-refractivity contribution is 5.68. The number of nitrogens with zero attached hydrogens (tertiary/aromatic N) is 1. The van der Waals surface area contributed by atoms with Crippen LogP contribution in [0, 0.1) is 11.8 Å². The summed E-state index contributed by atoms with van der Waals surface area (Å²) in [6, 6.07) is 11.4. The molecule has 3 atom stereocenters. The zero-order valence-electron chi connectivity index (χ0n) is 16.7. The average molecular weight is 359 g/mol. The van der Waals surface area contributed by atoms with E-state index in [1.54, 1.807) is 0 Å². The molecule has 1 amide bonds. The highest BCUT2D eigenvalue weighted by Crippen LogP contribution is 2.37. The molecule has 0 bridgehead atoms. The van der Waals surface area contributed by atoms with Crippen molar-refractivity contribution in [2.75, 3.05) is 13.1 Å². The van der Waals surface area contributed by atoms with Gasteiger partial charge in [0, 0.05) is 18.6 Å². The lowest BCUT2D eigenvalue weighted by molar-refractivity contribution is 0.0426. The lowest BCUT2D eigenvalue weighted by atomic mass is 9.74. The second kappa shape index (κ2) is 7.99. The lowest BCUT2D eigenvalue weighted by Crippen LogP contribution is -2.49. The van der Waals surface area contributed by atoms with Gasteiger partial charge in [-0.3, -0.25) is 4.90 Å². The molecule has 4 nitrogen and oxygen atoms in total. The summed E-state index contributed by atoms with van der Waals surface area (Å²) >= 11 is 0. The summed E-state index contributed by atoms with van der Waals surface area (Å²) in [4.78, 5) is 14.9. The Labute approximate surface area is 158 Å². The maximum absolute atomic E-state index is 12.4. The second-order valence-corrected chi connectivity index (χ2v) is 8.99. The minimum Gasteiger partial charge on any atom is -0.444 e. The molecule has 0 aromatic heterocycles. The first kappa shape index (κ1) is 19.2. The van der Waals surface area contributed by atoms with Gasteiger partial charge in [0.1, 0.15) is 5.60 Å². The van der Waals surface area contributed by atoms with Crippen molar-refractivity contribution in [2.45, 2.75) is 71.1 Å². The Morgan fingerprint density at radius 1 is 1.15 bits per heavy atom. The Kier molecular flexibility index (Phi) is 5.91. The number of nitrogens with one attached hydrogen (secondary N) is 1. The van der Waals surface area contributed by atoms with Crippen LogP contribution in [0.3, 0.4) is 0 Å². The first-order chi connectivity index (χ1) is 12.3. The molecule has 1 aliphatic heterocycles. The standard InChI is InChI=1S/C22H34N2O2/c1-16(17-9-6-5-7-10-17)24-14-13-19(15-24)20(18-11-8-12-18)23-21(25)26-22(2,3)4/h5-7,9-10,16,18-20H,8,11-15H2,1-4H3,(H,23,25). The predicted molar refractivity (Wildman–Crippen MR) is 105 cm³/mol.